The quantitative estimate of drug-likeness (QED) is 0.379. The van der Waals surface area contributed by atoms with E-state index in [0.717, 1.165) is 4.90 Å². The van der Waals surface area contributed by atoms with Gasteiger partial charge in [-0.3, -0.25) is 10.1 Å². The first-order valence-corrected chi connectivity index (χ1v) is 7.32. The maximum atomic E-state index is 11.0. The Bertz CT molecular complexity index is 665. The molecule has 7 heteroatoms. The van der Waals surface area contributed by atoms with Crippen molar-refractivity contribution in [2.24, 2.45) is 0 Å². The largest absolute Gasteiger partial charge is 0.398 e. The number of hydrogen-bond acceptors (Lipinski definition) is 4. The molecule has 0 aromatic heterocycles. The second-order valence-electron chi connectivity index (χ2n) is 4.00. The summed E-state index contributed by atoms with van der Waals surface area (Å²) in [6.45, 7) is 0. The standard InChI is InChI=1S/C13H10Cl2N2O2S/c14-9-2-1-8(13(5-9)17(18)19)7-20-10-3-4-12(16)11(15)6-10/h1-6H,7,16H2. The van der Waals surface area contributed by atoms with Gasteiger partial charge in [0.15, 0.2) is 0 Å². The van der Waals surface area contributed by atoms with E-state index in [1.165, 1.54) is 17.8 Å². The first kappa shape index (κ1) is 15.0. The summed E-state index contributed by atoms with van der Waals surface area (Å²) in [7, 11) is 0. The lowest BCUT2D eigenvalue weighted by atomic mass is 10.2. The van der Waals surface area contributed by atoms with Crippen LogP contribution in [0.25, 0.3) is 0 Å². The molecular weight excluding hydrogens is 319 g/mol. The van der Waals surface area contributed by atoms with Crippen LogP contribution >= 0.6 is 35.0 Å². The molecule has 104 valence electrons. The molecule has 0 aliphatic carbocycles. The van der Waals surface area contributed by atoms with Gasteiger partial charge in [0.2, 0.25) is 0 Å². The molecule has 0 atom stereocenters. The van der Waals surface area contributed by atoms with E-state index in [9.17, 15) is 10.1 Å². The third-order valence-corrected chi connectivity index (χ3v) is 4.22. The molecule has 4 nitrogen and oxygen atoms in total. The van der Waals surface area contributed by atoms with Crippen molar-refractivity contribution in [3.63, 3.8) is 0 Å². The number of nitrogens with two attached hydrogens (primary N) is 1. The fourth-order valence-corrected chi connectivity index (χ4v) is 2.93. The van der Waals surface area contributed by atoms with E-state index < -0.39 is 4.92 Å². The van der Waals surface area contributed by atoms with Gasteiger partial charge in [-0.1, -0.05) is 23.2 Å². The second kappa shape index (κ2) is 6.35. The van der Waals surface area contributed by atoms with Gasteiger partial charge in [0, 0.05) is 27.3 Å². The molecule has 0 unspecified atom stereocenters. The number of halogens is 2. The number of anilines is 1. The van der Waals surface area contributed by atoms with Crippen LogP contribution in [0, 0.1) is 10.1 Å². The normalized spacial score (nSPS) is 10.5. The van der Waals surface area contributed by atoms with Crippen molar-refractivity contribution in [3.05, 3.63) is 62.1 Å². The molecule has 2 rings (SSSR count). The van der Waals surface area contributed by atoms with Gasteiger partial charge >= 0.3 is 0 Å². The average molecular weight is 329 g/mol. The Balaban J connectivity index is 2.18. The molecule has 2 N–H and O–H groups in total. The van der Waals surface area contributed by atoms with Crippen LogP contribution in [0.4, 0.5) is 11.4 Å². The first-order chi connectivity index (χ1) is 9.47. The monoisotopic (exact) mass is 328 g/mol. The van der Waals surface area contributed by atoms with Crippen LogP contribution < -0.4 is 5.73 Å². The lowest BCUT2D eigenvalue weighted by Crippen LogP contribution is -1.94. The van der Waals surface area contributed by atoms with Gasteiger partial charge in [-0.2, -0.15) is 0 Å². The Morgan fingerprint density at radius 3 is 2.60 bits per heavy atom. The van der Waals surface area contributed by atoms with Gasteiger partial charge in [0.25, 0.3) is 5.69 Å². The highest BCUT2D eigenvalue weighted by molar-refractivity contribution is 7.98. The molecule has 0 aliphatic rings. The molecule has 0 aliphatic heterocycles. The fourth-order valence-electron chi connectivity index (χ4n) is 1.59. The second-order valence-corrected chi connectivity index (χ2v) is 5.89. The SMILES string of the molecule is Nc1ccc(SCc2ccc(Cl)cc2[N+](=O)[O-])cc1Cl. The molecule has 0 radical (unpaired) electrons. The van der Waals surface area contributed by atoms with Gasteiger partial charge in [0.05, 0.1) is 15.6 Å². The Morgan fingerprint density at radius 2 is 1.95 bits per heavy atom. The zero-order valence-corrected chi connectivity index (χ0v) is 12.5. The third-order valence-electron chi connectivity index (χ3n) is 2.61. The molecule has 0 heterocycles. The summed E-state index contributed by atoms with van der Waals surface area (Å²) in [6.07, 6.45) is 0. The summed E-state index contributed by atoms with van der Waals surface area (Å²) in [5, 5.41) is 11.8. The minimum Gasteiger partial charge on any atom is -0.398 e. The van der Waals surface area contributed by atoms with Crippen LogP contribution in [0.15, 0.2) is 41.3 Å². The van der Waals surface area contributed by atoms with Crippen molar-refractivity contribution < 1.29 is 4.92 Å². The number of benzene rings is 2. The maximum Gasteiger partial charge on any atom is 0.274 e. The number of nitrogens with zero attached hydrogens (tertiary/aromatic N) is 1. The predicted octanol–water partition coefficient (Wildman–Crippen LogP) is 4.78. The zero-order chi connectivity index (χ0) is 14.7. The van der Waals surface area contributed by atoms with E-state index in [4.69, 9.17) is 28.9 Å². The summed E-state index contributed by atoms with van der Waals surface area (Å²) >= 11 is 13.2. The van der Waals surface area contributed by atoms with Gasteiger partial charge in [0.1, 0.15) is 0 Å². The molecule has 0 amide bonds. The van der Waals surface area contributed by atoms with Crippen molar-refractivity contribution >= 4 is 46.3 Å². The van der Waals surface area contributed by atoms with E-state index in [0.29, 0.717) is 27.0 Å². The van der Waals surface area contributed by atoms with Crippen molar-refractivity contribution in [1.29, 1.82) is 0 Å². The van der Waals surface area contributed by atoms with E-state index in [1.54, 1.807) is 24.3 Å². The minimum absolute atomic E-state index is 0.0199. The van der Waals surface area contributed by atoms with Crippen molar-refractivity contribution in [2.75, 3.05) is 5.73 Å². The number of nitro benzene ring substituents is 1. The van der Waals surface area contributed by atoms with E-state index in [2.05, 4.69) is 0 Å². The molecule has 0 saturated heterocycles. The first-order valence-electron chi connectivity index (χ1n) is 5.58. The fraction of sp³-hybridized carbons (Fsp3) is 0.0769. The summed E-state index contributed by atoms with van der Waals surface area (Å²) < 4.78 is 0. The van der Waals surface area contributed by atoms with Crippen molar-refractivity contribution in [1.82, 2.24) is 0 Å². The summed E-state index contributed by atoms with van der Waals surface area (Å²) in [6, 6.07) is 9.93. The lowest BCUT2D eigenvalue weighted by molar-refractivity contribution is -0.385. The molecular formula is C13H10Cl2N2O2S. The van der Waals surface area contributed by atoms with Crippen molar-refractivity contribution in [2.45, 2.75) is 10.6 Å². The van der Waals surface area contributed by atoms with E-state index in [-0.39, 0.29) is 5.69 Å². The smallest absolute Gasteiger partial charge is 0.274 e. The van der Waals surface area contributed by atoms with Crippen LogP contribution in [-0.4, -0.2) is 4.92 Å². The summed E-state index contributed by atoms with van der Waals surface area (Å²) in [4.78, 5) is 11.4. The molecule has 20 heavy (non-hydrogen) atoms. The van der Waals surface area contributed by atoms with Crippen LogP contribution in [-0.2, 0) is 5.75 Å². The molecule has 0 fully saturated rings. The van der Waals surface area contributed by atoms with E-state index in [1.807, 2.05) is 6.07 Å². The number of nitro groups is 1. The molecule has 0 saturated carbocycles. The molecule has 2 aromatic carbocycles. The number of thioether (sulfide) groups is 1. The van der Waals surface area contributed by atoms with Gasteiger partial charge in [-0.05, 0) is 30.3 Å². The minimum atomic E-state index is -0.433. The number of hydrogen-bond donors (Lipinski definition) is 1. The molecule has 0 spiro atoms. The Morgan fingerprint density at radius 1 is 1.20 bits per heavy atom. The Hall–Kier alpha value is -1.43. The molecule has 2 aromatic rings. The maximum absolute atomic E-state index is 11.0. The van der Waals surface area contributed by atoms with E-state index >= 15 is 0 Å². The van der Waals surface area contributed by atoms with Crippen molar-refractivity contribution in [3.8, 4) is 0 Å². The molecule has 0 bridgehead atoms. The highest BCUT2D eigenvalue weighted by atomic mass is 35.5. The van der Waals surface area contributed by atoms with Crippen LogP contribution in [0.1, 0.15) is 5.56 Å². The van der Waals surface area contributed by atoms with Crippen LogP contribution in [0.5, 0.6) is 0 Å². The summed E-state index contributed by atoms with van der Waals surface area (Å²) in [5.74, 6) is 0.452. The Kier molecular flexibility index (Phi) is 4.75. The predicted molar refractivity (Wildman–Crippen MR) is 83.5 cm³/mol. The third kappa shape index (κ3) is 3.56. The Labute approximate surface area is 130 Å². The zero-order valence-electron chi connectivity index (χ0n) is 10.2. The highest BCUT2D eigenvalue weighted by Gasteiger charge is 2.14. The number of rotatable bonds is 4. The summed E-state index contributed by atoms with van der Waals surface area (Å²) in [5.41, 5.74) is 6.77. The van der Waals surface area contributed by atoms with Gasteiger partial charge < -0.3 is 5.73 Å². The van der Waals surface area contributed by atoms with Gasteiger partial charge in [-0.25, -0.2) is 0 Å². The number of nitrogen functional groups attached to an aromatic ring is 1. The topological polar surface area (TPSA) is 69.2 Å². The van der Waals surface area contributed by atoms with Gasteiger partial charge in [-0.15, -0.1) is 11.8 Å². The average Bonchev–Trinajstić information content (AvgIpc) is 2.41. The van der Waals surface area contributed by atoms with Crippen LogP contribution in [0.3, 0.4) is 0 Å². The highest BCUT2D eigenvalue weighted by Crippen LogP contribution is 2.32. The lowest BCUT2D eigenvalue weighted by Gasteiger charge is -2.05. The van der Waals surface area contributed by atoms with Crippen LogP contribution in [0.2, 0.25) is 10.0 Å².